The van der Waals surface area contributed by atoms with Gasteiger partial charge < -0.3 is 0 Å². The minimum atomic E-state index is -7.12. The molecule has 0 saturated heterocycles. The Morgan fingerprint density at radius 1 is 0.618 bits per heavy atom. The maximum Gasteiger partial charge on any atom is 0.439 e. The molecule has 0 bridgehead atoms. The molecule has 0 atom stereocenters. The van der Waals surface area contributed by atoms with Crippen LogP contribution in [0.3, 0.4) is 0 Å². The zero-order valence-corrected chi connectivity index (χ0v) is 22.0. The highest BCUT2D eigenvalue weighted by Gasteiger charge is 2.82. The van der Waals surface area contributed by atoms with E-state index < -0.39 is 57.5 Å². The van der Waals surface area contributed by atoms with Crippen LogP contribution < -0.4 is 0 Å². The smallest absolute Gasteiger partial charge is 0.281 e. The summed E-state index contributed by atoms with van der Waals surface area (Å²) in [6, 6.07) is 2.47. The molecule has 0 aliphatic rings. The van der Waals surface area contributed by atoms with Crippen LogP contribution in [0.2, 0.25) is 0 Å². The minimum Gasteiger partial charge on any atom is -0.281 e. The first-order chi connectivity index (χ1) is 14.5. The topological polar surface area (TPSA) is 88.5 Å². The molecule has 0 aromatic heterocycles. The van der Waals surface area contributed by atoms with Gasteiger partial charge in [0.05, 0.1) is 4.90 Å². The molecule has 1 N–H and O–H groups in total. The third-order valence-corrected chi connectivity index (χ3v) is 8.05. The van der Waals surface area contributed by atoms with Gasteiger partial charge >= 0.3 is 26.5 Å². The molecule has 0 unspecified atom stereocenters. The standard InChI is InChI=1S/C21H30F6O5S2/c1-16(2,3)12-10-13(17(4,5)6)15(14(11-12)18(7,8)9)33(28,29)20(24,25)19(22,23)21(26,27)34(30,31)32/h10-11H,1-9H3,(H,30,31,32). The average Bonchev–Trinajstić information content (AvgIpc) is 2.56. The second-order valence-corrected chi connectivity index (χ2v) is 14.6. The molecule has 0 aliphatic heterocycles. The van der Waals surface area contributed by atoms with Crippen molar-refractivity contribution < 1.29 is 47.7 Å². The van der Waals surface area contributed by atoms with Gasteiger partial charge in [-0.3, -0.25) is 4.55 Å². The Labute approximate surface area is 196 Å². The second-order valence-electron chi connectivity index (χ2n) is 11.2. The Morgan fingerprint density at radius 2 is 0.941 bits per heavy atom. The number of alkyl halides is 6. The lowest BCUT2D eigenvalue weighted by Crippen LogP contribution is -2.60. The average molecular weight is 541 g/mol. The quantitative estimate of drug-likeness (QED) is 0.362. The number of benzene rings is 1. The molecule has 0 amide bonds. The number of sulfone groups is 1. The first-order valence-electron chi connectivity index (χ1n) is 10.0. The summed E-state index contributed by atoms with van der Waals surface area (Å²) in [5, 5.41) is -13.4. The first kappa shape index (κ1) is 30.7. The zero-order valence-electron chi connectivity index (χ0n) is 20.3. The highest BCUT2D eigenvalue weighted by molar-refractivity contribution is 7.92. The summed E-state index contributed by atoms with van der Waals surface area (Å²) >= 11 is 0. The van der Waals surface area contributed by atoms with E-state index >= 15 is 0 Å². The predicted octanol–water partition coefficient (Wildman–Crippen LogP) is 6.06. The van der Waals surface area contributed by atoms with Crippen LogP contribution in [0.15, 0.2) is 17.0 Å². The monoisotopic (exact) mass is 540 g/mol. The molecule has 0 saturated carbocycles. The molecular weight excluding hydrogens is 510 g/mol. The SMILES string of the molecule is CC(C)(C)c1cc(C(C)(C)C)c(S(=O)(=O)C(F)(F)C(F)(F)C(F)(F)S(=O)(=O)O)c(C(C)(C)C)c1. The molecule has 0 radical (unpaired) electrons. The van der Waals surface area contributed by atoms with Crippen molar-refractivity contribution in [1.82, 2.24) is 0 Å². The van der Waals surface area contributed by atoms with Gasteiger partial charge in [-0.2, -0.15) is 34.8 Å². The van der Waals surface area contributed by atoms with E-state index in [2.05, 4.69) is 0 Å². The molecular formula is C21H30F6O5S2. The molecule has 5 nitrogen and oxygen atoms in total. The lowest BCUT2D eigenvalue weighted by Gasteiger charge is -2.36. The van der Waals surface area contributed by atoms with Gasteiger partial charge in [-0.25, -0.2) is 8.42 Å². The molecule has 13 heteroatoms. The lowest BCUT2D eigenvalue weighted by molar-refractivity contribution is -0.245. The maximum atomic E-state index is 15.0. The van der Waals surface area contributed by atoms with E-state index in [0.29, 0.717) is 5.56 Å². The number of hydrogen-bond acceptors (Lipinski definition) is 4. The number of hydrogen-bond donors (Lipinski definition) is 1. The van der Waals surface area contributed by atoms with Crippen LogP contribution >= 0.6 is 0 Å². The van der Waals surface area contributed by atoms with Crippen LogP contribution in [0.5, 0.6) is 0 Å². The van der Waals surface area contributed by atoms with Gasteiger partial charge in [0, 0.05) is 0 Å². The Morgan fingerprint density at radius 3 is 1.18 bits per heavy atom. The van der Waals surface area contributed by atoms with Crippen LogP contribution in [-0.2, 0) is 36.2 Å². The van der Waals surface area contributed by atoms with Crippen molar-refractivity contribution >= 4 is 20.0 Å². The van der Waals surface area contributed by atoms with Gasteiger partial charge in [0.25, 0.3) is 9.84 Å². The predicted molar refractivity (Wildman–Crippen MR) is 116 cm³/mol. The van der Waals surface area contributed by atoms with Crippen molar-refractivity contribution in [2.24, 2.45) is 0 Å². The van der Waals surface area contributed by atoms with Gasteiger partial charge in [-0.05, 0) is 32.9 Å². The number of rotatable bonds is 5. The zero-order chi connectivity index (χ0) is 27.7. The summed E-state index contributed by atoms with van der Waals surface area (Å²) in [5.74, 6) is -7.01. The van der Waals surface area contributed by atoms with Crippen LogP contribution in [0, 0.1) is 0 Å². The van der Waals surface area contributed by atoms with E-state index in [9.17, 15) is 43.2 Å². The fourth-order valence-corrected chi connectivity index (χ4v) is 5.64. The van der Waals surface area contributed by atoms with Crippen molar-refractivity contribution in [3.63, 3.8) is 0 Å². The van der Waals surface area contributed by atoms with Gasteiger partial charge in [-0.15, -0.1) is 0 Å². The van der Waals surface area contributed by atoms with Crippen LogP contribution in [0.1, 0.15) is 79.0 Å². The van der Waals surface area contributed by atoms with E-state index in [1.807, 2.05) is 0 Å². The highest BCUT2D eigenvalue weighted by atomic mass is 32.2. The third-order valence-electron chi connectivity index (χ3n) is 5.23. The van der Waals surface area contributed by atoms with Gasteiger partial charge in [0.1, 0.15) is 0 Å². The molecule has 1 aromatic rings. The van der Waals surface area contributed by atoms with Gasteiger partial charge in [0.2, 0.25) is 0 Å². The van der Waals surface area contributed by atoms with E-state index in [4.69, 9.17) is 4.55 Å². The normalized spacial score (nSPS) is 15.5. The van der Waals surface area contributed by atoms with Crippen LogP contribution in [-0.4, -0.2) is 37.8 Å². The van der Waals surface area contributed by atoms with Gasteiger partial charge in [-0.1, -0.05) is 74.4 Å². The summed E-state index contributed by atoms with van der Waals surface area (Å²) in [6.07, 6.45) is 0. The Kier molecular flexibility index (Phi) is 7.30. The minimum absolute atomic E-state index is 0.338. The molecule has 198 valence electrons. The first-order valence-corrected chi connectivity index (χ1v) is 12.9. The van der Waals surface area contributed by atoms with Crippen LogP contribution in [0.25, 0.3) is 0 Å². The largest absolute Gasteiger partial charge is 0.439 e. The number of halogens is 6. The molecule has 0 fully saturated rings. The summed E-state index contributed by atoms with van der Waals surface area (Å²) in [4.78, 5) is -1.30. The lowest BCUT2D eigenvalue weighted by atomic mass is 9.75. The molecule has 0 heterocycles. The molecule has 1 aromatic carbocycles. The van der Waals surface area contributed by atoms with Crippen LogP contribution in [0.4, 0.5) is 26.3 Å². The van der Waals surface area contributed by atoms with Crippen molar-refractivity contribution in [1.29, 1.82) is 0 Å². The fraction of sp³-hybridized carbons (Fsp3) is 0.714. The Hall–Kier alpha value is -1.34. The molecule has 0 aliphatic carbocycles. The summed E-state index contributed by atoms with van der Waals surface area (Å²) < 4.78 is 143. The molecule has 0 spiro atoms. The van der Waals surface area contributed by atoms with Crippen molar-refractivity contribution in [2.75, 3.05) is 0 Å². The van der Waals surface area contributed by atoms with E-state index in [1.54, 1.807) is 20.8 Å². The summed E-state index contributed by atoms with van der Waals surface area (Å²) in [7, 11) is -13.8. The van der Waals surface area contributed by atoms with E-state index in [0.717, 1.165) is 0 Å². The fourth-order valence-electron chi connectivity index (χ4n) is 3.09. The third kappa shape index (κ3) is 4.84. The maximum absolute atomic E-state index is 15.0. The van der Waals surface area contributed by atoms with E-state index in [-0.39, 0.29) is 11.1 Å². The van der Waals surface area contributed by atoms with Crippen molar-refractivity contribution in [2.45, 2.75) is 99.9 Å². The Bertz CT molecular complexity index is 1130. The summed E-state index contributed by atoms with van der Waals surface area (Å²) in [5.41, 5.74) is -3.35. The summed E-state index contributed by atoms with van der Waals surface area (Å²) in [6.45, 7) is 13.7. The van der Waals surface area contributed by atoms with Crippen molar-refractivity contribution in [3.05, 3.63) is 28.8 Å². The molecule has 34 heavy (non-hydrogen) atoms. The van der Waals surface area contributed by atoms with Crippen molar-refractivity contribution in [3.8, 4) is 0 Å². The Balaban J connectivity index is 4.34. The molecule has 1 rings (SSSR count). The second kappa shape index (κ2) is 8.09. The van der Waals surface area contributed by atoms with E-state index in [1.165, 1.54) is 53.7 Å². The van der Waals surface area contributed by atoms with Gasteiger partial charge in [0.15, 0.2) is 0 Å². The highest BCUT2D eigenvalue weighted by Crippen LogP contribution is 2.54.